The van der Waals surface area contributed by atoms with Crippen LogP contribution < -0.4 is 10.5 Å². The lowest BCUT2D eigenvalue weighted by Crippen LogP contribution is -2.47. The number of aryl methyl sites for hydroxylation is 1. The topological polar surface area (TPSA) is 93.2 Å². The summed E-state index contributed by atoms with van der Waals surface area (Å²) in [6.45, 7) is 3.80. The zero-order valence-corrected chi connectivity index (χ0v) is 12.9. The van der Waals surface area contributed by atoms with Gasteiger partial charge in [-0.25, -0.2) is 0 Å². The van der Waals surface area contributed by atoms with Crippen molar-refractivity contribution in [2.24, 2.45) is 18.7 Å². The van der Waals surface area contributed by atoms with Crippen LogP contribution in [-0.4, -0.2) is 42.1 Å². The average Bonchev–Trinajstić information content (AvgIpc) is 2.77. The second-order valence-corrected chi connectivity index (χ2v) is 7.06. The van der Waals surface area contributed by atoms with Crippen molar-refractivity contribution in [1.82, 2.24) is 18.8 Å². The summed E-state index contributed by atoms with van der Waals surface area (Å²) in [5, 5.41) is 4.11. The van der Waals surface area contributed by atoms with Gasteiger partial charge in [-0.1, -0.05) is 0 Å². The Morgan fingerprint density at radius 3 is 2.90 bits per heavy atom. The lowest BCUT2D eigenvalue weighted by molar-refractivity contribution is 0.268. The highest BCUT2D eigenvalue weighted by molar-refractivity contribution is 7.87. The van der Waals surface area contributed by atoms with Crippen LogP contribution in [0.15, 0.2) is 6.20 Å². The summed E-state index contributed by atoms with van der Waals surface area (Å²) in [7, 11) is -1.60. The number of hydrogen-bond acceptors (Lipinski definition) is 4. The molecule has 0 saturated carbocycles. The van der Waals surface area contributed by atoms with E-state index >= 15 is 0 Å². The molecular weight excluding hydrogens is 278 g/mol. The molecule has 1 aliphatic heterocycles. The Labute approximate surface area is 120 Å². The lowest BCUT2D eigenvalue weighted by Gasteiger charge is -2.31. The molecule has 7 nitrogen and oxygen atoms in total. The van der Waals surface area contributed by atoms with Crippen LogP contribution in [0.2, 0.25) is 0 Å². The second-order valence-electron chi connectivity index (χ2n) is 5.31. The maximum Gasteiger partial charge on any atom is 0.279 e. The fourth-order valence-electron chi connectivity index (χ4n) is 2.42. The fourth-order valence-corrected chi connectivity index (χ4v) is 3.71. The number of rotatable bonds is 5. The Hall–Kier alpha value is -0.960. The fraction of sp³-hybridized carbons (Fsp3) is 0.750. The highest BCUT2D eigenvalue weighted by Crippen LogP contribution is 2.17. The van der Waals surface area contributed by atoms with E-state index in [2.05, 4.69) is 9.82 Å². The Morgan fingerprint density at radius 2 is 2.30 bits per heavy atom. The molecular formula is C12H23N5O2S. The van der Waals surface area contributed by atoms with Gasteiger partial charge in [-0.2, -0.15) is 22.5 Å². The van der Waals surface area contributed by atoms with Crippen molar-refractivity contribution < 1.29 is 8.42 Å². The number of nitrogens with two attached hydrogens (primary N) is 1. The van der Waals surface area contributed by atoms with Crippen molar-refractivity contribution in [2.45, 2.75) is 26.3 Å². The van der Waals surface area contributed by atoms with Crippen LogP contribution in [0, 0.1) is 12.8 Å². The summed E-state index contributed by atoms with van der Waals surface area (Å²) < 4.78 is 30.4. The molecule has 0 bridgehead atoms. The molecule has 1 unspecified atom stereocenters. The molecule has 1 aliphatic rings. The highest BCUT2D eigenvalue weighted by atomic mass is 32.2. The maximum absolute atomic E-state index is 12.3. The number of piperidine rings is 1. The van der Waals surface area contributed by atoms with Gasteiger partial charge in [-0.05, 0) is 32.2 Å². The van der Waals surface area contributed by atoms with Crippen molar-refractivity contribution in [2.75, 3.05) is 19.6 Å². The van der Waals surface area contributed by atoms with Crippen molar-refractivity contribution >= 4 is 10.2 Å². The van der Waals surface area contributed by atoms with E-state index in [9.17, 15) is 8.42 Å². The average molecular weight is 301 g/mol. The number of nitrogens with one attached hydrogen (secondary N) is 1. The highest BCUT2D eigenvalue weighted by Gasteiger charge is 2.28. The first-order valence-electron chi connectivity index (χ1n) is 6.86. The first kappa shape index (κ1) is 15.4. The van der Waals surface area contributed by atoms with Gasteiger partial charge in [0.15, 0.2) is 0 Å². The summed E-state index contributed by atoms with van der Waals surface area (Å²) in [4.78, 5) is 0. The third kappa shape index (κ3) is 3.38. The molecule has 3 N–H and O–H groups in total. The van der Waals surface area contributed by atoms with Crippen molar-refractivity contribution in [1.29, 1.82) is 0 Å². The van der Waals surface area contributed by atoms with Crippen LogP contribution >= 0.6 is 0 Å². The number of hydrogen-bond donors (Lipinski definition) is 2. The SMILES string of the molecule is Cc1c(CNS(=O)(=O)N2CCCC(CN)C2)cnn1C. The number of aromatic nitrogens is 2. The Balaban J connectivity index is 1.98. The van der Waals surface area contributed by atoms with Crippen molar-refractivity contribution in [3.63, 3.8) is 0 Å². The quantitative estimate of drug-likeness (QED) is 0.783. The number of nitrogens with zero attached hydrogens (tertiary/aromatic N) is 3. The minimum absolute atomic E-state index is 0.264. The van der Waals surface area contributed by atoms with Gasteiger partial charge >= 0.3 is 0 Å². The predicted molar refractivity (Wildman–Crippen MR) is 77.1 cm³/mol. The third-order valence-electron chi connectivity index (χ3n) is 3.94. The standard InChI is InChI=1S/C12H23N5O2S/c1-10-12(7-14-16(10)2)8-15-20(18,19)17-5-3-4-11(6-13)9-17/h7,11,15H,3-6,8-9,13H2,1-2H3. The van der Waals surface area contributed by atoms with Crippen LogP contribution in [0.25, 0.3) is 0 Å². The van der Waals surface area contributed by atoms with Crippen LogP contribution in [0.4, 0.5) is 0 Å². The Bertz CT molecular complexity index is 554. The monoisotopic (exact) mass is 301 g/mol. The first-order chi connectivity index (χ1) is 9.44. The smallest absolute Gasteiger partial charge is 0.279 e. The largest absolute Gasteiger partial charge is 0.330 e. The predicted octanol–water partition coefficient (Wildman–Crippen LogP) is -0.266. The van der Waals surface area contributed by atoms with Gasteiger partial charge in [0.2, 0.25) is 0 Å². The molecule has 0 amide bonds. The maximum atomic E-state index is 12.3. The van der Waals surface area contributed by atoms with Crippen LogP contribution in [0.5, 0.6) is 0 Å². The van der Waals surface area contributed by atoms with Crippen LogP contribution in [0.1, 0.15) is 24.1 Å². The third-order valence-corrected chi connectivity index (χ3v) is 5.46. The van der Waals surface area contributed by atoms with E-state index in [-0.39, 0.29) is 12.5 Å². The minimum atomic E-state index is -3.44. The molecule has 1 aromatic heterocycles. The summed E-state index contributed by atoms with van der Waals surface area (Å²) in [6.07, 6.45) is 3.57. The van der Waals surface area contributed by atoms with Gasteiger partial charge in [0.1, 0.15) is 0 Å². The molecule has 114 valence electrons. The zero-order valence-electron chi connectivity index (χ0n) is 12.0. The molecule has 0 aromatic carbocycles. The normalized spacial score (nSPS) is 21.2. The molecule has 8 heteroatoms. The molecule has 1 fully saturated rings. The molecule has 0 spiro atoms. The van der Waals surface area contributed by atoms with Gasteiger partial charge in [0.05, 0.1) is 6.20 Å². The Morgan fingerprint density at radius 1 is 1.55 bits per heavy atom. The molecule has 0 aliphatic carbocycles. The second kappa shape index (κ2) is 6.21. The minimum Gasteiger partial charge on any atom is -0.330 e. The molecule has 1 aromatic rings. The Kier molecular flexibility index (Phi) is 4.79. The van der Waals surface area contributed by atoms with E-state index in [1.807, 2.05) is 14.0 Å². The van der Waals surface area contributed by atoms with E-state index in [1.165, 1.54) is 4.31 Å². The van der Waals surface area contributed by atoms with Crippen LogP contribution in [0.3, 0.4) is 0 Å². The summed E-state index contributed by atoms with van der Waals surface area (Å²) >= 11 is 0. The van der Waals surface area contributed by atoms with Gasteiger partial charge in [0.25, 0.3) is 10.2 Å². The zero-order chi connectivity index (χ0) is 14.8. The molecule has 20 heavy (non-hydrogen) atoms. The molecule has 0 radical (unpaired) electrons. The van der Waals surface area contributed by atoms with Crippen molar-refractivity contribution in [3.05, 3.63) is 17.5 Å². The lowest BCUT2D eigenvalue weighted by atomic mass is 10.0. The van der Waals surface area contributed by atoms with Gasteiger partial charge < -0.3 is 5.73 Å². The van der Waals surface area contributed by atoms with Gasteiger partial charge in [0, 0.05) is 37.9 Å². The molecule has 2 heterocycles. The van der Waals surface area contributed by atoms with E-state index < -0.39 is 10.2 Å². The van der Waals surface area contributed by atoms with E-state index in [1.54, 1.807) is 10.9 Å². The molecule has 1 saturated heterocycles. The molecule has 2 rings (SSSR count). The summed E-state index contributed by atoms with van der Waals surface area (Å²) in [5.74, 6) is 0.264. The summed E-state index contributed by atoms with van der Waals surface area (Å²) in [6, 6.07) is 0. The van der Waals surface area contributed by atoms with E-state index in [0.717, 1.165) is 24.1 Å². The van der Waals surface area contributed by atoms with Gasteiger partial charge in [-0.3, -0.25) is 4.68 Å². The van der Waals surface area contributed by atoms with Crippen LogP contribution in [-0.2, 0) is 23.8 Å². The first-order valence-corrected chi connectivity index (χ1v) is 8.30. The van der Waals surface area contributed by atoms with Gasteiger partial charge in [-0.15, -0.1) is 0 Å². The summed E-state index contributed by atoms with van der Waals surface area (Å²) in [5.41, 5.74) is 7.50. The van der Waals surface area contributed by atoms with E-state index in [4.69, 9.17) is 5.73 Å². The van der Waals surface area contributed by atoms with Crippen molar-refractivity contribution in [3.8, 4) is 0 Å². The van der Waals surface area contributed by atoms with E-state index in [0.29, 0.717) is 19.6 Å². The molecule has 1 atom stereocenters.